The van der Waals surface area contributed by atoms with E-state index >= 15 is 0 Å². The van der Waals surface area contributed by atoms with E-state index in [-0.39, 0.29) is 18.5 Å². The molecule has 7 heavy (non-hydrogen) atoms. The summed E-state index contributed by atoms with van der Waals surface area (Å²) in [5, 5.41) is 8.72. The van der Waals surface area contributed by atoms with E-state index in [0.717, 1.165) is 6.42 Å². The lowest BCUT2D eigenvalue weighted by Gasteiger charge is -2.28. The van der Waals surface area contributed by atoms with Crippen molar-refractivity contribution in [1.29, 1.82) is 0 Å². The van der Waals surface area contributed by atoms with Gasteiger partial charge in [-0.05, 0) is 18.8 Å². The Kier molecular flexibility index (Phi) is 2.62. The summed E-state index contributed by atoms with van der Waals surface area (Å²) in [6.07, 6.45) is 2.28. The highest BCUT2D eigenvalue weighted by Crippen LogP contribution is 2.25. The van der Waals surface area contributed by atoms with Crippen LogP contribution >= 0.6 is 12.4 Å². The van der Waals surface area contributed by atoms with Crippen LogP contribution in [0.4, 0.5) is 0 Å². The van der Waals surface area contributed by atoms with Crippen molar-refractivity contribution in [2.75, 3.05) is 0 Å². The van der Waals surface area contributed by atoms with E-state index in [1.807, 2.05) is 0 Å². The van der Waals surface area contributed by atoms with E-state index in [1.165, 1.54) is 6.42 Å². The van der Waals surface area contributed by atoms with Crippen LogP contribution in [0.2, 0.25) is 0 Å². The van der Waals surface area contributed by atoms with Crippen molar-refractivity contribution in [2.45, 2.75) is 25.9 Å². The van der Waals surface area contributed by atoms with Gasteiger partial charge in [-0.15, -0.1) is 12.4 Å². The molecule has 0 radical (unpaired) electrons. The van der Waals surface area contributed by atoms with Gasteiger partial charge in [-0.25, -0.2) is 0 Å². The molecule has 0 saturated heterocycles. The quantitative estimate of drug-likeness (QED) is 0.512. The number of aliphatic hydroxyl groups excluding tert-OH is 1. The molecule has 0 spiro atoms. The first-order valence-corrected chi connectivity index (χ1v) is 2.49. The molecule has 1 fully saturated rings. The number of hydrogen-bond acceptors (Lipinski definition) is 1. The second-order valence-corrected chi connectivity index (χ2v) is 2.12. The van der Waals surface area contributed by atoms with Crippen molar-refractivity contribution < 1.29 is 5.11 Å². The number of halogens is 1. The lowest BCUT2D eigenvalue weighted by molar-refractivity contribution is 0.0346. The molecule has 0 aromatic heterocycles. The van der Waals surface area contributed by atoms with Crippen LogP contribution in [0.5, 0.6) is 0 Å². The molecule has 1 nitrogen and oxygen atoms in total. The van der Waals surface area contributed by atoms with Gasteiger partial charge in [0.25, 0.3) is 0 Å². The van der Waals surface area contributed by atoms with Crippen molar-refractivity contribution in [3.8, 4) is 0 Å². The maximum Gasteiger partial charge on any atom is 0.0565 e. The highest BCUT2D eigenvalue weighted by atomic mass is 35.5. The molecule has 1 N–H and O–H groups in total. The molecule has 0 unspecified atom stereocenters. The number of rotatable bonds is 0. The third-order valence-electron chi connectivity index (χ3n) is 1.57. The lowest BCUT2D eigenvalue weighted by Crippen LogP contribution is -2.27. The summed E-state index contributed by atoms with van der Waals surface area (Å²) >= 11 is 0. The fourth-order valence-electron chi connectivity index (χ4n) is 0.649. The van der Waals surface area contributed by atoms with Crippen molar-refractivity contribution in [2.24, 2.45) is 5.92 Å². The summed E-state index contributed by atoms with van der Waals surface area (Å²) in [4.78, 5) is 0. The van der Waals surface area contributed by atoms with Crippen LogP contribution in [0.3, 0.4) is 0 Å². The van der Waals surface area contributed by atoms with Crippen molar-refractivity contribution in [1.82, 2.24) is 0 Å². The lowest BCUT2D eigenvalue weighted by atomic mass is 9.84. The Labute approximate surface area is 50.1 Å². The molecule has 1 rings (SSSR count). The minimum atomic E-state index is 0. The van der Waals surface area contributed by atoms with Gasteiger partial charge in [0.15, 0.2) is 0 Å². The highest BCUT2D eigenvalue weighted by Gasteiger charge is 2.23. The molecule has 2 heteroatoms. The van der Waals surface area contributed by atoms with E-state index in [1.54, 1.807) is 0 Å². The van der Waals surface area contributed by atoms with E-state index < -0.39 is 0 Å². The van der Waals surface area contributed by atoms with E-state index in [2.05, 4.69) is 6.92 Å². The van der Waals surface area contributed by atoms with Gasteiger partial charge in [-0.2, -0.15) is 0 Å². The first kappa shape index (κ1) is 7.25. The number of hydrogen-bond donors (Lipinski definition) is 1. The van der Waals surface area contributed by atoms with Gasteiger partial charge in [-0.1, -0.05) is 6.92 Å². The Bertz CT molecular complexity index is 48.0. The van der Waals surface area contributed by atoms with Gasteiger partial charge in [-0.3, -0.25) is 0 Å². The van der Waals surface area contributed by atoms with Crippen LogP contribution in [0, 0.1) is 5.92 Å². The molecular formula is C5H11ClO. The fourth-order valence-corrected chi connectivity index (χ4v) is 0.649. The SMILES string of the molecule is C[C@H]1CC[C@H]1O.Cl. The monoisotopic (exact) mass is 122 g/mol. The fraction of sp³-hybridized carbons (Fsp3) is 1.00. The Morgan fingerprint density at radius 1 is 1.43 bits per heavy atom. The van der Waals surface area contributed by atoms with E-state index in [0.29, 0.717) is 5.92 Å². The summed E-state index contributed by atoms with van der Waals surface area (Å²) in [5.41, 5.74) is 0. The van der Waals surface area contributed by atoms with Gasteiger partial charge in [0, 0.05) is 0 Å². The van der Waals surface area contributed by atoms with Gasteiger partial charge >= 0.3 is 0 Å². The zero-order valence-corrected chi connectivity index (χ0v) is 5.24. The Morgan fingerprint density at radius 3 is 1.86 bits per heavy atom. The third-order valence-corrected chi connectivity index (χ3v) is 1.57. The molecule has 0 aromatic rings. The molecule has 44 valence electrons. The molecule has 0 aliphatic heterocycles. The molecule has 1 saturated carbocycles. The highest BCUT2D eigenvalue weighted by molar-refractivity contribution is 5.85. The van der Waals surface area contributed by atoms with Crippen molar-refractivity contribution in [3.63, 3.8) is 0 Å². The molecule has 0 aromatic carbocycles. The summed E-state index contributed by atoms with van der Waals surface area (Å²) < 4.78 is 0. The zero-order chi connectivity index (χ0) is 4.57. The predicted molar refractivity (Wildman–Crippen MR) is 31.7 cm³/mol. The molecule has 1 aliphatic rings. The standard InChI is InChI=1S/C5H10O.ClH/c1-4-2-3-5(4)6;/h4-6H,2-3H2,1H3;1H/t4-,5+;/m0./s1. The van der Waals surface area contributed by atoms with Crippen molar-refractivity contribution >= 4 is 12.4 Å². The normalized spacial score (nSPS) is 38.6. The first-order chi connectivity index (χ1) is 2.80. The largest absolute Gasteiger partial charge is 0.393 e. The van der Waals surface area contributed by atoms with Crippen LogP contribution in [0.25, 0.3) is 0 Å². The maximum atomic E-state index is 8.72. The zero-order valence-electron chi connectivity index (χ0n) is 4.42. The second kappa shape index (κ2) is 2.53. The average Bonchev–Trinajstić information content (AvgIpc) is 1.61. The van der Waals surface area contributed by atoms with Gasteiger partial charge in [0.1, 0.15) is 0 Å². The topological polar surface area (TPSA) is 20.2 Å². The smallest absolute Gasteiger partial charge is 0.0565 e. The van der Waals surface area contributed by atoms with Crippen LogP contribution in [-0.2, 0) is 0 Å². The van der Waals surface area contributed by atoms with Gasteiger partial charge < -0.3 is 5.11 Å². The molecule has 0 heterocycles. The van der Waals surface area contributed by atoms with Gasteiger partial charge in [0.2, 0.25) is 0 Å². The Balaban J connectivity index is 0.000000360. The molecule has 1 aliphatic carbocycles. The molecule has 0 bridgehead atoms. The third kappa shape index (κ3) is 1.32. The molecular weight excluding hydrogens is 112 g/mol. The van der Waals surface area contributed by atoms with Crippen LogP contribution < -0.4 is 0 Å². The summed E-state index contributed by atoms with van der Waals surface area (Å²) in [6.45, 7) is 2.08. The second-order valence-electron chi connectivity index (χ2n) is 2.12. The van der Waals surface area contributed by atoms with Gasteiger partial charge in [0.05, 0.1) is 6.10 Å². The Hall–Kier alpha value is 0.250. The number of aliphatic hydroxyl groups is 1. The van der Waals surface area contributed by atoms with Crippen LogP contribution in [-0.4, -0.2) is 11.2 Å². The maximum absolute atomic E-state index is 8.72. The summed E-state index contributed by atoms with van der Waals surface area (Å²) in [7, 11) is 0. The van der Waals surface area contributed by atoms with Crippen LogP contribution in [0.1, 0.15) is 19.8 Å². The molecule has 2 atom stereocenters. The summed E-state index contributed by atoms with van der Waals surface area (Å²) in [5.74, 6) is 0.588. The first-order valence-electron chi connectivity index (χ1n) is 2.49. The molecule has 0 amide bonds. The minimum Gasteiger partial charge on any atom is -0.393 e. The van der Waals surface area contributed by atoms with Crippen LogP contribution in [0.15, 0.2) is 0 Å². The summed E-state index contributed by atoms with van der Waals surface area (Å²) in [6, 6.07) is 0. The average molecular weight is 123 g/mol. The predicted octanol–water partition coefficient (Wildman–Crippen LogP) is 1.20. The van der Waals surface area contributed by atoms with E-state index in [9.17, 15) is 0 Å². The van der Waals surface area contributed by atoms with E-state index in [4.69, 9.17) is 5.11 Å². The Morgan fingerprint density at radius 2 is 1.86 bits per heavy atom. The van der Waals surface area contributed by atoms with Crippen molar-refractivity contribution in [3.05, 3.63) is 0 Å². The minimum absolute atomic E-state index is 0.